The Morgan fingerprint density at radius 2 is 1.90 bits per heavy atom. The average molecular weight is 304 g/mol. The molecular formula is C12H11F3N2O4. The van der Waals surface area contributed by atoms with Crippen LogP contribution in [0.4, 0.5) is 23.7 Å². The third kappa shape index (κ3) is 3.24. The van der Waals surface area contributed by atoms with Gasteiger partial charge in [0, 0.05) is 0 Å². The molecule has 0 aromatic heterocycles. The van der Waals surface area contributed by atoms with Gasteiger partial charge in [-0.3, -0.25) is 4.79 Å². The van der Waals surface area contributed by atoms with E-state index in [0.29, 0.717) is 6.07 Å². The van der Waals surface area contributed by atoms with Gasteiger partial charge < -0.3 is 20.5 Å². The van der Waals surface area contributed by atoms with Gasteiger partial charge >= 0.3 is 12.0 Å². The van der Waals surface area contributed by atoms with Crippen LogP contribution in [0.3, 0.4) is 0 Å². The fourth-order valence-corrected chi connectivity index (χ4v) is 1.89. The molecule has 2 amide bonds. The molecule has 1 saturated heterocycles. The van der Waals surface area contributed by atoms with Crippen LogP contribution in [-0.2, 0) is 9.53 Å². The van der Waals surface area contributed by atoms with Crippen LogP contribution in [-0.4, -0.2) is 36.4 Å². The van der Waals surface area contributed by atoms with Gasteiger partial charge in [0.2, 0.25) is 0 Å². The van der Waals surface area contributed by atoms with Crippen molar-refractivity contribution in [1.82, 2.24) is 5.32 Å². The van der Waals surface area contributed by atoms with Crippen molar-refractivity contribution in [2.75, 3.05) is 18.5 Å². The summed E-state index contributed by atoms with van der Waals surface area (Å²) in [7, 11) is 0. The minimum Gasteiger partial charge on any atom is -0.481 e. The fourth-order valence-electron chi connectivity index (χ4n) is 1.89. The average Bonchev–Trinajstić information content (AvgIpc) is 2.88. The zero-order valence-electron chi connectivity index (χ0n) is 10.5. The Morgan fingerprint density at radius 1 is 1.19 bits per heavy atom. The number of carbonyl (C=O) groups excluding carboxylic acids is 1. The van der Waals surface area contributed by atoms with Gasteiger partial charge in [0.05, 0.1) is 24.9 Å². The van der Waals surface area contributed by atoms with E-state index in [1.807, 2.05) is 5.32 Å². The summed E-state index contributed by atoms with van der Waals surface area (Å²) in [6.07, 6.45) is 0. The molecule has 2 rings (SSSR count). The predicted octanol–water partition coefficient (Wildman–Crippen LogP) is 1.32. The van der Waals surface area contributed by atoms with E-state index in [-0.39, 0.29) is 13.2 Å². The molecule has 1 aliphatic rings. The molecule has 0 radical (unpaired) electrons. The number of ether oxygens (including phenoxy) is 1. The zero-order chi connectivity index (χ0) is 15.6. The van der Waals surface area contributed by atoms with E-state index in [1.54, 1.807) is 0 Å². The van der Waals surface area contributed by atoms with E-state index in [1.165, 1.54) is 0 Å². The number of urea groups is 1. The van der Waals surface area contributed by atoms with Crippen LogP contribution in [0.1, 0.15) is 0 Å². The molecule has 1 heterocycles. The third-order valence-electron chi connectivity index (χ3n) is 3.00. The Labute approximate surface area is 116 Å². The Bertz CT molecular complexity index is 582. The van der Waals surface area contributed by atoms with Crippen LogP contribution >= 0.6 is 0 Å². The third-order valence-corrected chi connectivity index (χ3v) is 3.00. The number of anilines is 1. The van der Waals surface area contributed by atoms with Crippen molar-refractivity contribution in [2.24, 2.45) is 5.92 Å². The molecule has 0 aliphatic carbocycles. The van der Waals surface area contributed by atoms with E-state index < -0.39 is 47.1 Å². The molecule has 2 unspecified atom stereocenters. The van der Waals surface area contributed by atoms with Crippen LogP contribution < -0.4 is 10.6 Å². The van der Waals surface area contributed by atoms with Gasteiger partial charge in [0.1, 0.15) is 5.92 Å². The molecule has 1 aromatic carbocycles. The lowest BCUT2D eigenvalue weighted by molar-refractivity contribution is -0.142. The van der Waals surface area contributed by atoms with E-state index in [0.717, 1.165) is 6.07 Å². The summed E-state index contributed by atoms with van der Waals surface area (Å²) in [6, 6.07) is -0.225. The quantitative estimate of drug-likeness (QED) is 0.735. The number of carbonyl (C=O) groups is 2. The van der Waals surface area contributed by atoms with Crippen molar-refractivity contribution in [3.05, 3.63) is 29.6 Å². The number of amides is 2. The molecule has 114 valence electrons. The number of carboxylic acids is 1. The lowest BCUT2D eigenvalue weighted by atomic mass is 10.0. The second-order valence-electron chi connectivity index (χ2n) is 4.41. The van der Waals surface area contributed by atoms with Gasteiger partial charge in [0.25, 0.3) is 0 Å². The number of hydrogen-bond donors (Lipinski definition) is 3. The maximum atomic E-state index is 13.4. The Hall–Kier alpha value is -2.29. The van der Waals surface area contributed by atoms with Crippen LogP contribution in [0.5, 0.6) is 0 Å². The summed E-state index contributed by atoms with van der Waals surface area (Å²) in [5, 5.41) is 13.2. The summed E-state index contributed by atoms with van der Waals surface area (Å²) in [5.74, 6) is -6.70. The van der Waals surface area contributed by atoms with Gasteiger partial charge in [-0.15, -0.1) is 0 Å². The first-order valence-corrected chi connectivity index (χ1v) is 5.91. The molecule has 0 bridgehead atoms. The summed E-state index contributed by atoms with van der Waals surface area (Å²) in [5.41, 5.74) is -0.558. The highest BCUT2D eigenvalue weighted by Crippen LogP contribution is 2.20. The van der Waals surface area contributed by atoms with Gasteiger partial charge in [-0.2, -0.15) is 0 Å². The maximum absolute atomic E-state index is 13.4. The van der Waals surface area contributed by atoms with Crippen molar-refractivity contribution in [3.8, 4) is 0 Å². The van der Waals surface area contributed by atoms with Crippen molar-refractivity contribution >= 4 is 17.7 Å². The standard InChI is InChI=1S/C12H11F3N2O4/c13-6-1-2-7(10(15)9(6)14)16-12(20)17-8-4-21-3-5(8)11(18)19/h1-2,5,8H,3-4H2,(H,18,19)(H2,16,17,20). The largest absolute Gasteiger partial charge is 0.481 e. The first kappa shape index (κ1) is 15.1. The molecule has 3 N–H and O–H groups in total. The smallest absolute Gasteiger partial charge is 0.319 e. The first-order valence-electron chi connectivity index (χ1n) is 5.91. The van der Waals surface area contributed by atoms with E-state index in [9.17, 15) is 22.8 Å². The minimum absolute atomic E-state index is 0.00928. The summed E-state index contributed by atoms with van der Waals surface area (Å²) in [6.45, 7) is -0.0650. The lowest BCUT2D eigenvalue weighted by Gasteiger charge is -2.16. The number of carboxylic acid groups (broad SMARTS) is 1. The molecule has 9 heteroatoms. The molecule has 1 fully saturated rings. The van der Waals surface area contributed by atoms with Crippen molar-refractivity contribution in [3.63, 3.8) is 0 Å². The minimum atomic E-state index is -1.71. The van der Waals surface area contributed by atoms with E-state index in [2.05, 4.69) is 5.32 Å². The summed E-state index contributed by atoms with van der Waals surface area (Å²) >= 11 is 0. The van der Waals surface area contributed by atoms with Gasteiger partial charge in [-0.25, -0.2) is 18.0 Å². The summed E-state index contributed by atoms with van der Waals surface area (Å²) < 4.78 is 44.0. The second-order valence-corrected chi connectivity index (χ2v) is 4.41. The molecular weight excluding hydrogens is 293 g/mol. The predicted molar refractivity (Wildman–Crippen MR) is 64.2 cm³/mol. The van der Waals surface area contributed by atoms with Gasteiger partial charge in [0.15, 0.2) is 17.5 Å². The highest BCUT2D eigenvalue weighted by atomic mass is 19.2. The van der Waals surface area contributed by atoms with Crippen molar-refractivity contribution in [1.29, 1.82) is 0 Å². The Morgan fingerprint density at radius 3 is 2.57 bits per heavy atom. The Balaban J connectivity index is 2.02. The highest BCUT2D eigenvalue weighted by Gasteiger charge is 2.35. The fraction of sp³-hybridized carbons (Fsp3) is 0.333. The number of aliphatic carboxylic acids is 1. The van der Waals surface area contributed by atoms with Gasteiger partial charge in [-0.05, 0) is 12.1 Å². The highest BCUT2D eigenvalue weighted by molar-refractivity contribution is 5.90. The Kier molecular flexibility index (Phi) is 4.32. The second kappa shape index (κ2) is 6.00. The first-order chi connectivity index (χ1) is 9.90. The van der Waals surface area contributed by atoms with Crippen LogP contribution in [0.2, 0.25) is 0 Å². The SMILES string of the molecule is O=C(Nc1ccc(F)c(F)c1F)NC1COCC1C(=O)O. The summed E-state index contributed by atoms with van der Waals surface area (Å²) in [4.78, 5) is 22.5. The maximum Gasteiger partial charge on any atom is 0.319 e. The molecule has 1 aliphatic heterocycles. The monoisotopic (exact) mass is 304 g/mol. The zero-order valence-corrected chi connectivity index (χ0v) is 10.5. The van der Waals surface area contributed by atoms with Crippen molar-refractivity contribution in [2.45, 2.75) is 6.04 Å². The van der Waals surface area contributed by atoms with Crippen LogP contribution in [0.15, 0.2) is 12.1 Å². The molecule has 1 aromatic rings. The molecule has 2 atom stereocenters. The number of halogens is 3. The number of rotatable bonds is 3. The normalized spacial score (nSPS) is 21.1. The molecule has 0 saturated carbocycles. The number of benzene rings is 1. The van der Waals surface area contributed by atoms with Crippen molar-refractivity contribution < 1.29 is 32.6 Å². The molecule has 0 spiro atoms. The number of nitrogens with one attached hydrogen (secondary N) is 2. The topological polar surface area (TPSA) is 87.7 Å². The van der Waals surface area contributed by atoms with Gasteiger partial charge in [-0.1, -0.05) is 0 Å². The lowest BCUT2D eigenvalue weighted by Crippen LogP contribution is -2.44. The molecule has 6 nitrogen and oxygen atoms in total. The number of hydrogen-bond acceptors (Lipinski definition) is 3. The van der Waals surface area contributed by atoms with E-state index in [4.69, 9.17) is 9.84 Å². The van der Waals surface area contributed by atoms with Crippen LogP contribution in [0, 0.1) is 23.4 Å². The van der Waals surface area contributed by atoms with Crippen LogP contribution in [0.25, 0.3) is 0 Å². The van der Waals surface area contributed by atoms with E-state index >= 15 is 0 Å². The molecule has 21 heavy (non-hydrogen) atoms.